The molecule has 4 rings (SSSR count). The van der Waals surface area contributed by atoms with Crippen molar-refractivity contribution in [2.75, 3.05) is 25.2 Å². The molecule has 2 N–H and O–H groups in total. The molecule has 120 valence electrons. The molecule has 2 aliphatic rings. The van der Waals surface area contributed by atoms with Gasteiger partial charge in [0.2, 0.25) is 6.79 Å². The van der Waals surface area contributed by atoms with E-state index in [4.69, 9.17) is 9.47 Å². The summed E-state index contributed by atoms with van der Waals surface area (Å²) in [5.41, 5.74) is 1.14. The zero-order valence-electron chi connectivity index (χ0n) is 12.5. The summed E-state index contributed by atoms with van der Waals surface area (Å²) in [6.45, 7) is 2.23. The fourth-order valence-electron chi connectivity index (χ4n) is 2.81. The Morgan fingerprint density at radius 2 is 2.26 bits per heavy atom. The van der Waals surface area contributed by atoms with E-state index < -0.39 is 0 Å². The number of benzene rings is 1. The summed E-state index contributed by atoms with van der Waals surface area (Å²) in [7, 11) is 0. The van der Waals surface area contributed by atoms with Gasteiger partial charge in [-0.25, -0.2) is 4.98 Å². The minimum Gasteiger partial charge on any atom is -0.454 e. The topological polar surface area (TPSA) is 72.5 Å². The average molecular weight is 331 g/mol. The van der Waals surface area contributed by atoms with E-state index in [2.05, 4.69) is 15.6 Å². The number of aromatic nitrogens is 1. The number of thiazole rings is 1. The van der Waals surface area contributed by atoms with Gasteiger partial charge in [-0.2, -0.15) is 0 Å². The largest absolute Gasteiger partial charge is 0.454 e. The van der Waals surface area contributed by atoms with Gasteiger partial charge >= 0.3 is 0 Å². The van der Waals surface area contributed by atoms with Gasteiger partial charge < -0.3 is 20.1 Å². The van der Waals surface area contributed by atoms with Gasteiger partial charge in [0.05, 0.1) is 5.01 Å². The highest BCUT2D eigenvalue weighted by atomic mass is 32.1. The van der Waals surface area contributed by atoms with Crippen molar-refractivity contribution in [3.05, 3.63) is 34.3 Å². The fraction of sp³-hybridized carbons (Fsp3) is 0.375. The van der Waals surface area contributed by atoms with Gasteiger partial charge in [-0.05, 0) is 31.5 Å². The van der Waals surface area contributed by atoms with E-state index in [0.717, 1.165) is 30.9 Å². The molecule has 0 saturated carbocycles. The van der Waals surface area contributed by atoms with E-state index in [0.29, 0.717) is 28.8 Å². The first-order valence-electron chi connectivity index (χ1n) is 7.67. The molecule has 23 heavy (non-hydrogen) atoms. The van der Waals surface area contributed by atoms with Crippen LogP contribution in [0.15, 0.2) is 23.6 Å². The molecule has 1 amide bonds. The number of anilines is 1. The van der Waals surface area contributed by atoms with Crippen molar-refractivity contribution in [3.8, 4) is 11.5 Å². The number of hydrogen-bond donors (Lipinski definition) is 2. The summed E-state index contributed by atoms with van der Waals surface area (Å²) >= 11 is 1.56. The van der Waals surface area contributed by atoms with Gasteiger partial charge in [-0.1, -0.05) is 0 Å². The van der Waals surface area contributed by atoms with Crippen molar-refractivity contribution in [3.63, 3.8) is 0 Å². The first-order valence-corrected chi connectivity index (χ1v) is 8.55. The predicted octanol–water partition coefficient (Wildman–Crippen LogP) is 2.59. The Kier molecular flexibility index (Phi) is 3.88. The van der Waals surface area contributed by atoms with Gasteiger partial charge in [0.25, 0.3) is 5.91 Å². The van der Waals surface area contributed by atoms with E-state index in [-0.39, 0.29) is 12.7 Å². The lowest BCUT2D eigenvalue weighted by Crippen LogP contribution is -2.28. The maximum Gasteiger partial charge on any atom is 0.275 e. The molecule has 2 aromatic rings. The smallest absolute Gasteiger partial charge is 0.275 e. The second-order valence-corrected chi connectivity index (χ2v) is 6.53. The molecule has 0 spiro atoms. The van der Waals surface area contributed by atoms with E-state index in [1.165, 1.54) is 0 Å². The molecule has 7 heteroatoms. The van der Waals surface area contributed by atoms with Gasteiger partial charge in [0, 0.05) is 29.6 Å². The van der Waals surface area contributed by atoms with Crippen LogP contribution in [-0.4, -0.2) is 30.8 Å². The highest BCUT2D eigenvalue weighted by molar-refractivity contribution is 7.10. The van der Waals surface area contributed by atoms with Crippen molar-refractivity contribution < 1.29 is 14.3 Å². The Labute approximate surface area is 137 Å². The van der Waals surface area contributed by atoms with E-state index in [9.17, 15) is 4.79 Å². The quantitative estimate of drug-likeness (QED) is 0.904. The average Bonchev–Trinajstić information content (AvgIpc) is 3.24. The molecule has 1 saturated heterocycles. The third kappa shape index (κ3) is 3.02. The van der Waals surface area contributed by atoms with Crippen LogP contribution in [0.3, 0.4) is 0 Å². The molecule has 1 fully saturated rings. The predicted molar refractivity (Wildman–Crippen MR) is 87.5 cm³/mol. The summed E-state index contributed by atoms with van der Waals surface area (Å²) in [6.07, 6.45) is 2.28. The number of hydrogen-bond acceptors (Lipinski definition) is 6. The molecule has 2 aliphatic heterocycles. The van der Waals surface area contributed by atoms with Gasteiger partial charge in [-0.15, -0.1) is 11.3 Å². The van der Waals surface area contributed by atoms with Crippen molar-refractivity contribution in [1.82, 2.24) is 10.3 Å². The molecule has 1 atom stereocenters. The van der Waals surface area contributed by atoms with Crippen LogP contribution in [0.2, 0.25) is 0 Å². The summed E-state index contributed by atoms with van der Waals surface area (Å²) in [5, 5.41) is 9.09. The monoisotopic (exact) mass is 331 g/mol. The van der Waals surface area contributed by atoms with Gasteiger partial charge in [-0.3, -0.25) is 4.79 Å². The van der Waals surface area contributed by atoms with Crippen molar-refractivity contribution in [2.24, 2.45) is 0 Å². The molecular formula is C16H17N3O3S. The number of nitrogens with zero attached hydrogens (tertiary/aromatic N) is 1. The van der Waals surface area contributed by atoms with Crippen LogP contribution in [0.25, 0.3) is 0 Å². The lowest BCUT2D eigenvalue weighted by molar-refractivity contribution is 0.102. The molecule has 3 heterocycles. The highest BCUT2D eigenvalue weighted by Gasteiger charge is 2.21. The summed E-state index contributed by atoms with van der Waals surface area (Å²) in [4.78, 5) is 16.9. The van der Waals surface area contributed by atoms with Crippen LogP contribution in [0.5, 0.6) is 11.5 Å². The molecule has 0 radical (unpaired) electrons. The molecule has 6 nitrogen and oxygen atoms in total. The first kappa shape index (κ1) is 14.5. The van der Waals surface area contributed by atoms with Crippen molar-refractivity contribution >= 4 is 22.9 Å². The lowest BCUT2D eigenvalue weighted by Gasteiger charge is -2.20. The van der Waals surface area contributed by atoms with Crippen LogP contribution in [0.4, 0.5) is 5.69 Å². The van der Waals surface area contributed by atoms with Gasteiger partial charge in [0.15, 0.2) is 11.5 Å². The molecule has 0 aliphatic carbocycles. The molecule has 0 bridgehead atoms. The summed E-state index contributed by atoms with van der Waals surface area (Å²) in [5.74, 6) is 1.56. The van der Waals surface area contributed by atoms with E-state index in [1.54, 1.807) is 29.5 Å². The maximum atomic E-state index is 12.4. The Morgan fingerprint density at radius 3 is 3.13 bits per heavy atom. The zero-order valence-corrected chi connectivity index (χ0v) is 13.3. The highest BCUT2D eigenvalue weighted by Crippen LogP contribution is 2.34. The Morgan fingerprint density at radius 1 is 1.35 bits per heavy atom. The minimum absolute atomic E-state index is 0.199. The third-order valence-corrected chi connectivity index (χ3v) is 5.04. The second kappa shape index (κ2) is 6.17. The van der Waals surface area contributed by atoms with E-state index >= 15 is 0 Å². The number of carbonyl (C=O) groups excluding carboxylic acids is 1. The normalized spacial score (nSPS) is 19.6. The number of ether oxygens (including phenoxy) is 2. The number of nitrogens with one attached hydrogen (secondary N) is 2. The maximum absolute atomic E-state index is 12.4. The third-order valence-electron chi connectivity index (χ3n) is 4.03. The van der Waals surface area contributed by atoms with Crippen molar-refractivity contribution in [2.45, 2.75) is 18.8 Å². The number of carbonyl (C=O) groups is 1. The molecule has 1 aromatic carbocycles. The SMILES string of the molecule is O=C(Nc1ccc2c(c1)OCO2)c1csc(C2CCCNC2)n1. The van der Waals surface area contributed by atoms with Crippen LogP contribution in [0, 0.1) is 0 Å². The molecule has 1 aromatic heterocycles. The second-order valence-electron chi connectivity index (χ2n) is 5.64. The van der Waals surface area contributed by atoms with Crippen LogP contribution in [0.1, 0.15) is 34.3 Å². The van der Waals surface area contributed by atoms with Gasteiger partial charge in [0.1, 0.15) is 5.69 Å². The standard InChI is InChI=1S/C16H17N3O3S/c20-15(18-11-3-4-13-14(6-11)22-9-21-13)12-8-23-16(19-12)10-2-1-5-17-7-10/h3-4,6,8,10,17H,1-2,5,7,9H2,(H,18,20). The zero-order chi connectivity index (χ0) is 15.6. The minimum atomic E-state index is -0.199. The van der Waals surface area contributed by atoms with Crippen LogP contribution >= 0.6 is 11.3 Å². The fourth-order valence-corrected chi connectivity index (χ4v) is 3.75. The first-order chi connectivity index (χ1) is 11.3. The van der Waals surface area contributed by atoms with Crippen LogP contribution < -0.4 is 20.1 Å². The summed E-state index contributed by atoms with van der Waals surface area (Å²) < 4.78 is 10.6. The van der Waals surface area contributed by atoms with Crippen LogP contribution in [-0.2, 0) is 0 Å². The number of amides is 1. The van der Waals surface area contributed by atoms with Crippen molar-refractivity contribution in [1.29, 1.82) is 0 Å². The number of rotatable bonds is 3. The summed E-state index contributed by atoms with van der Waals surface area (Å²) in [6, 6.07) is 5.35. The lowest BCUT2D eigenvalue weighted by atomic mass is 10.0. The molecule has 1 unspecified atom stereocenters. The molecular weight excluding hydrogens is 314 g/mol. The number of fused-ring (bicyclic) bond motifs is 1. The Balaban J connectivity index is 1.45. The van der Waals surface area contributed by atoms with E-state index in [1.807, 2.05) is 5.38 Å². The number of piperidine rings is 1. The Bertz CT molecular complexity index is 725. The Hall–Kier alpha value is -2.12.